The van der Waals surface area contributed by atoms with E-state index in [1.165, 1.54) is 10.8 Å². The summed E-state index contributed by atoms with van der Waals surface area (Å²) in [5, 5.41) is 9.47. The second-order valence-corrected chi connectivity index (χ2v) is 12.7. The molecule has 0 aliphatic carbocycles. The van der Waals surface area contributed by atoms with Crippen molar-refractivity contribution in [2.45, 2.75) is 70.7 Å². The summed E-state index contributed by atoms with van der Waals surface area (Å²) in [5.74, 6) is 0. The number of aliphatic hydroxyl groups excluding tert-OH is 1. The van der Waals surface area contributed by atoms with Gasteiger partial charge in [0.1, 0.15) is 0 Å². The molecular formula is C16H28N2O5Si. The lowest BCUT2D eigenvalue weighted by Crippen LogP contribution is -2.46. The number of hydrogen-bond acceptors (Lipinski definition) is 5. The van der Waals surface area contributed by atoms with E-state index in [1.54, 1.807) is 6.92 Å². The maximum absolute atomic E-state index is 12.2. The molecule has 1 aliphatic heterocycles. The van der Waals surface area contributed by atoms with Gasteiger partial charge in [0.25, 0.3) is 5.56 Å². The molecule has 136 valence electrons. The molecule has 1 saturated heterocycles. The van der Waals surface area contributed by atoms with Crippen LogP contribution < -0.4 is 11.2 Å². The zero-order valence-corrected chi connectivity index (χ0v) is 16.3. The second kappa shape index (κ2) is 6.59. The molecule has 0 bridgehead atoms. The standard InChI is InChI=1S/C16H28N2O5Si/c1-10-8-18(15(21)17-13(10)20)14-12(7-11(9-19)22-14)23-24(5,6)16(2,3)4/h8,11-12,14,19H,7,9H2,1-6H3,(H,17,20,21)/t11-,12+,14+/m0/s1. The summed E-state index contributed by atoms with van der Waals surface area (Å²) in [5.41, 5.74) is -0.510. The smallest absolute Gasteiger partial charge is 0.330 e. The highest BCUT2D eigenvalue weighted by atomic mass is 28.4. The van der Waals surface area contributed by atoms with Gasteiger partial charge in [0.05, 0.1) is 18.8 Å². The highest BCUT2D eigenvalue weighted by molar-refractivity contribution is 6.74. The average Bonchev–Trinajstić information content (AvgIpc) is 2.84. The molecule has 0 amide bonds. The van der Waals surface area contributed by atoms with Gasteiger partial charge in [-0.25, -0.2) is 4.79 Å². The number of nitrogens with zero attached hydrogens (tertiary/aromatic N) is 1. The molecule has 7 nitrogen and oxygen atoms in total. The lowest BCUT2D eigenvalue weighted by Gasteiger charge is -2.39. The number of H-pyrrole nitrogens is 1. The van der Waals surface area contributed by atoms with Crippen molar-refractivity contribution in [3.63, 3.8) is 0 Å². The van der Waals surface area contributed by atoms with Crippen LogP contribution in [0.5, 0.6) is 0 Å². The van der Waals surface area contributed by atoms with Crippen molar-refractivity contribution >= 4 is 8.32 Å². The van der Waals surface area contributed by atoms with E-state index < -0.39 is 25.8 Å². The van der Waals surface area contributed by atoms with E-state index in [-0.39, 0.29) is 23.9 Å². The minimum atomic E-state index is -2.08. The molecule has 1 aromatic rings. The molecule has 2 N–H and O–H groups in total. The zero-order chi connectivity index (χ0) is 18.3. The number of aromatic amines is 1. The fourth-order valence-corrected chi connectivity index (χ4v) is 3.84. The second-order valence-electron chi connectivity index (χ2n) is 7.96. The largest absolute Gasteiger partial charge is 0.409 e. The Kier molecular flexibility index (Phi) is 5.24. The van der Waals surface area contributed by atoms with Gasteiger partial charge in [-0.2, -0.15) is 0 Å². The summed E-state index contributed by atoms with van der Waals surface area (Å²) in [4.78, 5) is 26.1. The maximum atomic E-state index is 12.2. The third-order valence-electron chi connectivity index (χ3n) is 5.02. The Bertz CT molecular complexity index is 704. The molecule has 0 aromatic carbocycles. The van der Waals surface area contributed by atoms with Crippen LogP contribution in [0, 0.1) is 6.92 Å². The first-order valence-corrected chi connectivity index (χ1v) is 11.1. The third kappa shape index (κ3) is 3.71. The van der Waals surface area contributed by atoms with Crippen molar-refractivity contribution in [3.05, 3.63) is 32.6 Å². The van der Waals surface area contributed by atoms with Crippen LogP contribution in [0.3, 0.4) is 0 Å². The quantitative estimate of drug-likeness (QED) is 0.798. The molecule has 2 rings (SSSR count). The zero-order valence-electron chi connectivity index (χ0n) is 15.3. The Morgan fingerprint density at radius 1 is 1.42 bits per heavy atom. The van der Waals surface area contributed by atoms with Gasteiger partial charge in [-0.15, -0.1) is 0 Å². The van der Waals surface area contributed by atoms with Crippen molar-refractivity contribution in [3.8, 4) is 0 Å². The molecular weight excluding hydrogens is 328 g/mol. The van der Waals surface area contributed by atoms with Crippen LogP contribution >= 0.6 is 0 Å². The number of rotatable bonds is 4. The Morgan fingerprint density at radius 2 is 2.04 bits per heavy atom. The van der Waals surface area contributed by atoms with Crippen molar-refractivity contribution in [1.82, 2.24) is 9.55 Å². The first-order chi connectivity index (χ1) is 11.0. The Labute approximate surface area is 142 Å². The van der Waals surface area contributed by atoms with E-state index in [1.807, 2.05) is 0 Å². The van der Waals surface area contributed by atoms with Gasteiger partial charge in [0.15, 0.2) is 14.5 Å². The highest BCUT2D eigenvalue weighted by Crippen LogP contribution is 2.41. The Balaban J connectivity index is 2.38. The van der Waals surface area contributed by atoms with Gasteiger partial charge >= 0.3 is 5.69 Å². The van der Waals surface area contributed by atoms with Gasteiger partial charge in [-0.1, -0.05) is 20.8 Å². The van der Waals surface area contributed by atoms with Crippen LogP contribution in [0.2, 0.25) is 18.1 Å². The van der Waals surface area contributed by atoms with Crippen LogP contribution in [0.4, 0.5) is 0 Å². The third-order valence-corrected chi connectivity index (χ3v) is 9.53. The summed E-state index contributed by atoms with van der Waals surface area (Å²) in [6.45, 7) is 12.2. The molecule has 0 radical (unpaired) electrons. The molecule has 8 heteroatoms. The number of ether oxygens (including phenoxy) is 1. The first kappa shape index (κ1) is 19.1. The van der Waals surface area contributed by atoms with Crippen LogP contribution in [-0.2, 0) is 9.16 Å². The number of nitrogens with one attached hydrogen (secondary N) is 1. The van der Waals surface area contributed by atoms with E-state index in [0.717, 1.165) is 0 Å². The molecule has 2 heterocycles. The number of aliphatic hydroxyl groups is 1. The predicted octanol–water partition coefficient (Wildman–Crippen LogP) is 1.52. The molecule has 24 heavy (non-hydrogen) atoms. The number of aromatic nitrogens is 2. The van der Waals surface area contributed by atoms with Gasteiger partial charge in [-0.3, -0.25) is 14.3 Å². The van der Waals surface area contributed by atoms with Crippen molar-refractivity contribution < 1.29 is 14.3 Å². The van der Waals surface area contributed by atoms with E-state index in [4.69, 9.17) is 9.16 Å². The summed E-state index contributed by atoms with van der Waals surface area (Å²) < 4.78 is 13.6. The van der Waals surface area contributed by atoms with E-state index in [2.05, 4.69) is 38.8 Å². The van der Waals surface area contributed by atoms with Crippen LogP contribution in [0.25, 0.3) is 0 Å². The summed E-state index contributed by atoms with van der Waals surface area (Å²) in [6.07, 6.45) is 0.626. The van der Waals surface area contributed by atoms with Crippen LogP contribution in [-0.4, -0.2) is 41.8 Å². The molecule has 0 unspecified atom stereocenters. The average molecular weight is 356 g/mol. The molecule has 1 aliphatic rings. The Morgan fingerprint density at radius 3 is 2.58 bits per heavy atom. The minimum absolute atomic E-state index is 0.0146. The monoisotopic (exact) mass is 356 g/mol. The number of aryl methyl sites for hydroxylation is 1. The van der Waals surface area contributed by atoms with Crippen LogP contribution in [0.15, 0.2) is 15.8 Å². The van der Waals surface area contributed by atoms with E-state index in [9.17, 15) is 14.7 Å². The summed E-state index contributed by atoms with van der Waals surface area (Å²) in [6, 6.07) is 0. The van der Waals surface area contributed by atoms with Crippen LogP contribution in [0.1, 0.15) is 39.0 Å². The molecule has 1 aromatic heterocycles. The fourth-order valence-electron chi connectivity index (χ4n) is 2.51. The van der Waals surface area contributed by atoms with Crippen molar-refractivity contribution in [2.24, 2.45) is 0 Å². The van der Waals surface area contributed by atoms with Gasteiger partial charge < -0.3 is 14.3 Å². The van der Waals surface area contributed by atoms with Crippen molar-refractivity contribution in [1.29, 1.82) is 0 Å². The molecule has 0 spiro atoms. The molecule has 3 atom stereocenters. The lowest BCUT2D eigenvalue weighted by atomic mass is 10.2. The maximum Gasteiger partial charge on any atom is 0.330 e. The van der Waals surface area contributed by atoms with E-state index >= 15 is 0 Å². The minimum Gasteiger partial charge on any atom is -0.409 e. The van der Waals surface area contributed by atoms with Gasteiger partial charge in [-0.05, 0) is 25.1 Å². The normalized spacial score (nSPS) is 25.2. The van der Waals surface area contributed by atoms with Gasteiger partial charge in [0, 0.05) is 18.2 Å². The number of hydrogen-bond donors (Lipinski definition) is 2. The van der Waals surface area contributed by atoms with E-state index in [0.29, 0.717) is 12.0 Å². The predicted molar refractivity (Wildman–Crippen MR) is 93.7 cm³/mol. The lowest BCUT2D eigenvalue weighted by molar-refractivity contribution is -0.0504. The first-order valence-electron chi connectivity index (χ1n) is 8.22. The Hall–Kier alpha value is -1.22. The summed E-state index contributed by atoms with van der Waals surface area (Å²) in [7, 11) is -2.08. The molecule has 1 fully saturated rings. The van der Waals surface area contributed by atoms with Gasteiger partial charge in [0.2, 0.25) is 0 Å². The molecule has 0 saturated carbocycles. The van der Waals surface area contributed by atoms with Crippen molar-refractivity contribution in [2.75, 3.05) is 6.61 Å². The highest BCUT2D eigenvalue weighted by Gasteiger charge is 2.45. The SMILES string of the molecule is Cc1cn([C@@H]2O[C@H](CO)C[C@H]2O[Si](C)(C)C(C)(C)C)c(=O)[nH]c1=O. The summed E-state index contributed by atoms with van der Waals surface area (Å²) >= 11 is 0. The fraction of sp³-hybridized carbons (Fsp3) is 0.750. The topological polar surface area (TPSA) is 93.6 Å².